The van der Waals surface area contributed by atoms with E-state index in [9.17, 15) is 4.79 Å². The van der Waals surface area contributed by atoms with E-state index < -0.39 is 6.09 Å². The zero-order valence-electron chi connectivity index (χ0n) is 11.5. The molecule has 1 saturated carbocycles. The standard InChI is InChI=1S/C15H22N2O3/c16-13-5-7-14(8-6-13)20-10-12-3-1-11(2-4-12)9-17-15(18)19/h1-4,13-14,17H,5-10,16H2,(H,18,19)/t13-,14-. The first-order valence-corrected chi connectivity index (χ1v) is 7.05. The van der Waals surface area contributed by atoms with Crippen LogP contribution >= 0.6 is 0 Å². The van der Waals surface area contributed by atoms with Crippen LogP contribution in [0.5, 0.6) is 0 Å². The lowest BCUT2D eigenvalue weighted by atomic mass is 9.94. The van der Waals surface area contributed by atoms with Crippen molar-refractivity contribution in [1.82, 2.24) is 5.32 Å². The topological polar surface area (TPSA) is 84.6 Å². The third-order valence-electron chi connectivity index (χ3n) is 3.67. The number of benzene rings is 1. The summed E-state index contributed by atoms with van der Waals surface area (Å²) in [5.74, 6) is 0. The van der Waals surface area contributed by atoms with Gasteiger partial charge in [-0.25, -0.2) is 4.79 Å². The van der Waals surface area contributed by atoms with Gasteiger partial charge >= 0.3 is 6.09 Å². The van der Waals surface area contributed by atoms with Gasteiger partial charge in [-0.2, -0.15) is 0 Å². The zero-order chi connectivity index (χ0) is 14.4. The van der Waals surface area contributed by atoms with Gasteiger partial charge in [0.05, 0.1) is 12.7 Å². The molecule has 0 unspecified atom stereocenters. The van der Waals surface area contributed by atoms with E-state index in [-0.39, 0.29) is 0 Å². The van der Waals surface area contributed by atoms with Crippen LogP contribution in [0.1, 0.15) is 36.8 Å². The Kier molecular flexibility index (Phi) is 5.38. The molecule has 0 spiro atoms. The van der Waals surface area contributed by atoms with Crippen LogP contribution in [0.3, 0.4) is 0 Å². The molecule has 1 aliphatic rings. The van der Waals surface area contributed by atoms with E-state index >= 15 is 0 Å². The molecule has 1 amide bonds. The molecule has 4 N–H and O–H groups in total. The van der Waals surface area contributed by atoms with Crippen molar-refractivity contribution >= 4 is 6.09 Å². The number of nitrogens with one attached hydrogen (secondary N) is 1. The summed E-state index contributed by atoms with van der Waals surface area (Å²) in [6, 6.07) is 8.15. The summed E-state index contributed by atoms with van der Waals surface area (Å²) < 4.78 is 5.89. The minimum Gasteiger partial charge on any atom is -0.465 e. The molecule has 1 aliphatic carbocycles. The van der Waals surface area contributed by atoms with Crippen molar-refractivity contribution in [2.75, 3.05) is 0 Å². The number of ether oxygens (including phenoxy) is 1. The molecule has 1 aromatic carbocycles. The van der Waals surface area contributed by atoms with Crippen LogP contribution in [0.4, 0.5) is 4.79 Å². The van der Waals surface area contributed by atoms with Gasteiger partial charge in [0.2, 0.25) is 0 Å². The van der Waals surface area contributed by atoms with Gasteiger partial charge in [-0.15, -0.1) is 0 Å². The van der Waals surface area contributed by atoms with E-state index in [4.69, 9.17) is 15.6 Å². The van der Waals surface area contributed by atoms with E-state index in [1.165, 1.54) is 0 Å². The summed E-state index contributed by atoms with van der Waals surface area (Å²) in [7, 11) is 0. The number of carbonyl (C=O) groups is 1. The van der Waals surface area contributed by atoms with Crippen molar-refractivity contribution in [3.8, 4) is 0 Å². The quantitative estimate of drug-likeness (QED) is 0.771. The van der Waals surface area contributed by atoms with Crippen LogP contribution < -0.4 is 11.1 Å². The van der Waals surface area contributed by atoms with Gasteiger partial charge in [0, 0.05) is 12.6 Å². The molecule has 0 aromatic heterocycles. The molecule has 0 heterocycles. The van der Waals surface area contributed by atoms with Crippen molar-refractivity contribution in [1.29, 1.82) is 0 Å². The fourth-order valence-corrected chi connectivity index (χ4v) is 2.40. The summed E-state index contributed by atoms with van der Waals surface area (Å²) in [5.41, 5.74) is 7.92. The second-order valence-electron chi connectivity index (χ2n) is 5.32. The number of hydrogen-bond donors (Lipinski definition) is 3. The SMILES string of the molecule is N[C@H]1CC[C@H](OCc2ccc(CNC(=O)O)cc2)CC1. The number of nitrogens with two attached hydrogens (primary N) is 1. The molecule has 110 valence electrons. The Morgan fingerprint density at radius 2 is 1.80 bits per heavy atom. The summed E-state index contributed by atoms with van der Waals surface area (Å²) in [5, 5.41) is 10.9. The Morgan fingerprint density at radius 3 is 2.40 bits per heavy atom. The predicted molar refractivity (Wildman–Crippen MR) is 76.3 cm³/mol. The van der Waals surface area contributed by atoms with E-state index in [1.807, 2.05) is 24.3 Å². The molecule has 1 aromatic rings. The molecular formula is C15H22N2O3. The van der Waals surface area contributed by atoms with Crippen molar-refractivity contribution in [2.45, 2.75) is 51.0 Å². The highest BCUT2D eigenvalue weighted by atomic mass is 16.5. The third-order valence-corrected chi connectivity index (χ3v) is 3.67. The first-order chi connectivity index (χ1) is 9.63. The molecule has 20 heavy (non-hydrogen) atoms. The van der Waals surface area contributed by atoms with Gasteiger partial charge < -0.3 is 20.9 Å². The summed E-state index contributed by atoms with van der Waals surface area (Å²) in [6.07, 6.45) is 3.49. The normalized spacial score (nSPS) is 22.4. The van der Waals surface area contributed by atoms with Crippen LogP contribution in [-0.4, -0.2) is 23.3 Å². The Bertz CT molecular complexity index is 425. The Morgan fingerprint density at radius 1 is 1.20 bits per heavy atom. The minimum absolute atomic E-state index is 0.322. The zero-order valence-corrected chi connectivity index (χ0v) is 11.5. The van der Waals surface area contributed by atoms with Crippen molar-refractivity contribution < 1.29 is 14.6 Å². The van der Waals surface area contributed by atoms with Crippen molar-refractivity contribution in [3.05, 3.63) is 35.4 Å². The van der Waals surface area contributed by atoms with E-state index in [1.54, 1.807) is 0 Å². The molecule has 1 fully saturated rings. The molecule has 5 nitrogen and oxygen atoms in total. The van der Waals surface area contributed by atoms with E-state index in [0.29, 0.717) is 25.3 Å². The van der Waals surface area contributed by atoms with Crippen LogP contribution in [0.25, 0.3) is 0 Å². The minimum atomic E-state index is -1.01. The average molecular weight is 278 g/mol. The molecule has 0 saturated heterocycles. The van der Waals surface area contributed by atoms with E-state index in [2.05, 4.69) is 5.32 Å². The number of rotatable bonds is 5. The van der Waals surface area contributed by atoms with Crippen LogP contribution in [0, 0.1) is 0 Å². The number of hydrogen-bond acceptors (Lipinski definition) is 3. The molecule has 0 aliphatic heterocycles. The van der Waals surface area contributed by atoms with Gasteiger partial charge in [-0.1, -0.05) is 24.3 Å². The third kappa shape index (κ3) is 4.83. The largest absolute Gasteiger partial charge is 0.465 e. The maximum Gasteiger partial charge on any atom is 0.404 e. The maximum absolute atomic E-state index is 10.4. The fourth-order valence-electron chi connectivity index (χ4n) is 2.40. The Balaban J connectivity index is 1.74. The van der Waals surface area contributed by atoms with Crippen LogP contribution in [0.2, 0.25) is 0 Å². The second-order valence-corrected chi connectivity index (χ2v) is 5.32. The highest BCUT2D eigenvalue weighted by molar-refractivity contribution is 5.64. The molecule has 2 rings (SSSR count). The highest BCUT2D eigenvalue weighted by Gasteiger charge is 2.18. The van der Waals surface area contributed by atoms with Crippen molar-refractivity contribution in [2.24, 2.45) is 5.73 Å². The maximum atomic E-state index is 10.4. The lowest BCUT2D eigenvalue weighted by molar-refractivity contribution is 0.0138. The number of amides is 1. The van der Waals surface area contributed by atoms with Gasteiger partial charge in [-0.05, 0) is 36.8 Å². The summed E-state index contributed by atoms with van der Waals surface area (Å²) >= 11 is 0. The van der Waals surface area contributed by atoms with Gasteiger partial charge in [-0.3, -0.25) is 0 Å². The lowest BCUT2D eigenvalue weighted by Crippen LogP contribution is -2.30. The molecule has 5 heteroatoms. The molecule has 0 atom stereocenters. The Hall–Kier alpha value is -1.59. The van der Waals surface area contributed by atoms with Crippen molar-refractivity contribution in [3.63, 3.8) is 0 Å². The van der Waals surface area contributed by atoms with E-state index in [0.717, 1.165) is 36.8 Å². The first kappa shape index (κ1) is 14.8. The molecule has 0 radical (unpaired) electrons. The molecular weight excluding hydrogens is 256 g/mol. The van der Waals surface area contributed by atoms with Gasteiger partial charge in [0.1, 0.15) is 0 Å². The average Bonchev–Trinajstić information content (AvgIpc) is 2.45. The summed E-state index contributed by atoms with van der Waals surface area (Å²) in [4.78, 5) is 10.4. The van der Waals surface area contributed by atoms with Gasteiger partial charge in [0.25, 0.3) is 0 Å². The summed E-state index contributed by atoms with van der Waals surface area (Å²) in [6.45, 7) is 0.934. The van der Waals surface area contributed by atoms with Crippen LogP contribution in [0.15, 0.2) is 24.3 Å². The predicted octanol–water partition coefficient (Wildman–Crippen LogP) is 2.24. The van der Waals surface area contributed by atoms with Crippen LogP contribution in [-0.2, 0) is 17.9 Å². The highest BCUT2D eigenvalue weighted by Crippen LogP contribution is 2.21. The second kappa shape index (κ2) is 7.26. The van der Waals surface area contributed by atoms with Gasteiger partial charge in [0.15, 0.2) is 0 Å². The Labute approximate surface area is 119 Å². The first-order valence-electron chi connectivity index (χ1n) is 7.05. The fraction of sp³-hybridized carbons (Fsp3) is 0.533. The molecule has 0 bridgehead atoms. The lowest BCUT2D eigenvalue weighted by Gasteiger charge is -2.26. The smallest absolute Gasteiger partial charge is 0.404 e. The monoisotopic (exact) mass is 278 g/mol. The number of carboxylic acid groups (broad SMARTS) is 1.